The molecule has 1 saturated heterocycles. The molecule has 3 aliphatic rings. The number of nitrogens with one attached hydrogen (secondary N) is 1. The Balaban J connectivity index is 1.14. The van der Waals surface area contributed by atoms with Gasteiger partial charge in [0.15, 0.2) is 17.2 Å². The average Bonchev–Trinajstić information content (AvgIpc) is 3.06. The third kappa shape index (κ3) is 3.39. The molecule has 152 valence electrons. The predicted octanol–water partition coefficient (Wildman–Crippen LogP) is 2.88. The zero-order valence-corrected chi connectivity index (χ0v) is 16.6. The van der Waals surface area contributed by atoms with Crippen molar-refractivity contribution in [2.45, 2.75) is 49.7 Å². The Morgan fingerprint density at radius 3 is 2.66 bits per heavy atom. The van der Waals surface area contributed by atoms with Crippen LogP contribution in [0.2, 0.25) is 0 Å². The Morgan fingerprint density at radius 2 is 1.93 bits per heavy atom. The maximum absolute atomic E-state index is 12.7. The first kappa shape index (κ1) is 18.2. The highest BCUT2D eigenvalue weighted by Gasteiger charge is 2.45. The van der Waals surface area contributed by atoms with Crippen LogP contribution in [0.3, 0.4) is 0 Å². The highest BCUT2D eigenvalue weighted by atomic mass is 16.5. The van der Waals surface area contributed by atoms with Gasteiger partial charge in [-0.05, 0) is 24.3 Å². The first-order valence-corrected chi connectivity index (χ1v) is 10.4. The molecule has 29 heavy (non-hydrogen) atoms. The number of hydrogen-bond donors (Lipinski definition) is 1. The number of carbonyl (C=O) groups excluding carboxylic acids is 2. The van der Waals surface area contributed by atoms with E-state index in [0.717, 1.165) is 12.8 Å². The van der Waals surface area contributed by atoms with Crippen molar-refractivity contribution in [1.29, 1.82) is 0 Å². The van der Waals surface area contributed by atoms with Crippen LogP contribution in [-0.4, -0.2) is 51.2 Å². The number of nitrogens with zero attached hydrogens (tertiary/aromatic N) is 3. The molecule has 3 heterocycles. The van der Waals surface area contributed by atoms with E-state index in [4.69, 9.17) is 4.74 Å². The van der Waals surface area contributed by atoms with Gasteiger partial charge < -0.3 is 15.0 Å². The van der Waals surface area contributed by atoms with Crippen molar-refractivity contribution >= 4 is 11.8 Å². The number of likely N-dealkylation sites (tertiary alicyclic amines) is 1. The number of fused-ring (bicyclic) bond motifs is 1. The van der Waals surface area contributed by atoms with Gasteiger partial charge in [-0.25, -0.2) is 4.79 Å². The number of amides is 2. The second-order valence-corrected chi connectivity index (χ2v) is 8.61. The molecule has 5 rings (SSSR count). The van der Waals surface area contributed by atoms with Crippen molar-refractivity contribution in [3.8, 4) is 5.75 Å². The van der Waals surface area contributed by atoms with E-state index >= 15 is 0 Å². The van der Waals surface area contributed by atoms with Crippen LogP contribution in [0.5, 0.6) is 5.75 Å². The molecule has 2 amide bonds. The molecule has 1 aromatic heterocycles. The van der Waals surface area contributed by atoms with Gasteiger partial charge in [-0.3, -0.25) is 9.48 Å². The topological polar surface area (TPSA) is 76.5 Å². The SMILES string of the molecule is Cn1cc2c(n1)C(=O)CC1(CCN(C(=O)NC3CC(c4ccccc4)C3)CC1)O2. The van der Waals surface area contributed by atoms with Gasteiger partial charge in [0.2, 0.25) is 0 Å². The fourth-order valence-electron chi connectivity index (χ4n) is 4.78. The fourth-order valence-corrected chi connectivity index (χ4v) is 4.78. The molecular formula is C22H26N4O3. The standard InChI is InChI=1S/C22H26N4O3/c1-25-14-19-20(24-25)18(27)13-22(29-19)7-9-26(10-8-22)21(28)23-17-11-16(12-17)15-5-3-2-4-6-15/h2-6,14,16-17H,7-13H2,1H3,(H,23,28). The zero-order valence-electron chi connectivity index (χ0n) is 16.6. The molecule has 1 aliphatic carbocycles. The van der Waals surface area contributed by atoms with Gasteiger partial charge >= 0.3 is 6.03 Å². The summed E-state index contributed by atoms with van der Waals surface area (Å²) in [5, 5.41) is 7.37. The lowest BCUT2D eigenvalue weighted by atomic mass is 9.76. The Kier molecular flexibility index (Phi) is 4.33. The van der Waals surface area contributed by atoms with E-state index in [-0.39, 0.29) is 17.9 Å². The van der Waals surface area contributed by atoms with Gasteiger partial charge in [0.25, 0.3) is 0 Å². The third-order valence-corrected chi connectivity index (χ3v) is 6.57. The monoisotopic (exact) mass is 394 g/mol. The normalized spacial score (nSPS) is 25.1. The molecule has 0 atom stereocenters. The van der Waals surface area contributed by atoms with E-state index in [0.29, 0.717) is 49.7 Å². The molecule has 2 fully saturated rings. The number of benzene rings is 1. The summed E-state index contributed by atoms with van der Waals surface area (Å²) in [4.78, 5) is 27.0. The van der Waals surface area contributed by atoms with Crippen LogP contribution in [0, 0.1) is 0 Å². The number of carbonyl (C=O) groups is 2. The first-order valence-electron chi connectivity index (χ1n) is 10.4. The second kappa shape index (κ2) is 6.90. The van der Waals surface area contributed by atoms with E-state index in [1.165, 1.54) is 5.56 Å². The van der Waals surface area contributed by atoms with Crippen LogP contribution < -0.4 is 10.1 Å². The maximum atomic E-state index is 12.7. The molecule has 2 aromatic rings. The summed E-state index contributed by atoms with van der Waals surface area (Å²) in [5.74, 6) is 1.15. The summed E-state index contributed by atoms with van der Waals surface area (Å²) in [5.41, 5.74) is 1.28. The molecule has 1 saturated carbocycles. The van der Waals surface area contributed by atoms with Gasteiger partial charge in [0.1, 0.15) is 5.60 Å². The number of ether oxygens (including phenoxy) is 1. The van der Waals surface area contributed by atoms with Crippen LogP contribution in [0.1, 0.15) is 54.1 Å². The minimum Gasteiger partial charge on any atom is -0.483 e. The van der Waals surface area contributed by atoms with Gasteiger partial charge in [-0.15, -0.1) is 0 Å². The second-order valence-electron chi connectivity index (χ2n) is 8.61. The molecule has 0 unspecified atom stereocenters. The highest BCUT2D eigenvalue weighted by molar-refractivity contribution is 5.98. The summed E-state index contributed by atoms with van der Waals surface area (Å²) in [6.07, 6.45) is 5.42. The molecule has 1 spiro atoms. The summed E-state index contributed by atoms with van der Waals surface area (Å²) >= 11 is 0. The lowest BCUT2D eigenvalue weighted by Gasteiger charge is -2.44. The van der Waals surface area contributed by atoms with Gasteiger partial charge in [0, 0.05) is 39.0 Å². The molecule has 1 aromatic carbocycles. The number of rotatable bonds is 2. The van der Waals surface area contributed by atoms with Crippen LogP contribution in [0.4, 0.5) is 4.79 Å². The molecular weight excluding hydrogens is 368 g/mol. The van der Waals surface area contributed by atoms with Crippen molar-refractivity contribution < 1.29 is 14.3 Å². The van der Waals surface area contributed by atoms with E-state index in [1.54, 1.807) is 17.9 Å². The molecule has 7 heteroatoms. The number of urea groups is 1. The molecule has 1 N–H and O–H groups in total. The number of aromatic nitrogens is 2. The van der Waals surface area contributed by atoms with Crippen LogP contribution in [0.15, 0.2) is 36.5 Å². The lowest BCUT2D eigenvalue weighted by molar-refractivity contribution is -0.00126. The zero-order chi connectivity index (χ0) is 20.0. The summed E-state index contributed by atoms with van der Waals surface area (Å²) in [6, 6.07) is 10.7. The van der Waals surface area contributed by atoms with Crippen molar-refractivity contribution in [2.75, 3.05) is 13.1 Å². The Hall–Kier alpha value is -2.83. The summed E-state index contributed by atoms with van der Waals surface area (Å²) in [6.45, 7) is 1.20. The van der Waals surface area contributed by atoms with E-state index < -0.39 is 5.60 Å². The van der Waals surface area contributed by atoms with Gasteiger partial charge in [-0.1, -0.05) is 30.3 Å². The van der Waals surface area contributed by atoms with Crippen molar-refractivity contribution in [3.63, 3.8) is 0 Å². The number of Topliss-reactive ketones (excluding diaryl/α,β-unsaturated/α-hetero) is 1. The summed E-state index contributed by atoms with van der Waals surface area (Å²) < 4.78 is 7.81. The fraction of sp³-hybridized carbons (Fsp3) is 0.500. The molecule has 0 bridgehead atoms. The van der Waals surface area contributed by atoms with Crippen LogP contribution >= 0.6 is 0 Å². The van der Waals surface area contributed by atoms with Crippen molar-refractivity contribution in [2.24, 2.45) is 7.05 Å². The quantitative estimate of drug-likeness (QED) is 0.850. The maximum Gasteiger partial charge on any atom is 0.317 e. The first-order chi connectivity index (χ1) is 14.0. The van der Waals surface area contributed by atoms with Crippen LogP contribution in [0.25, 0.3) is 0 Å². The minimum absolute atomic E-state index is 0.000523. The van der Waals surface area contributed by atoms with E-state index in [2.05, 4.69) is 34.7 Å². The Labute approximate surface area is 170 Å². The molecule has 7 nitrogen and oxygen atoms in total. The largest absolute Gasteiger partial charge is 0.483 e. The number of ketones is 1. The smallest absolute Gasteiger partial charge is 0.317 e. The highest BCUT2D eigenvalue weighted by Crippen LogP contribution is 2.39. The molecule has 0 radical (unpaired) electrons. The predicted molar refractivity (Wildman–Crippen MR) is 107 cm³/mol. The van der Waals surface area contributed by atoms with Crippen molar-refractivity contribution in [1.82, 2.24) is 20.0 Å². The lowest BCUT2D eigenvalue weighted by Crippen LogP contribution is -2.56. The Morgan fingerprint density at radius 1 is 1.21 bits per heavy atom. The third-order valence-electron chi connectivity index (χ3n) is 6.57. The number of hydrogen-bond acceptors (Lipinski definition) is 4. The van der Waals surface area contributed by atoms with Gasteiger partial charge in [-0.2, -0.15) is 5.10 Å². The van der Waals surface area contributed by atoms with E-state index in [9.17, 15) is 9.59 Å². The minimum atomic E-state index is -0.501. The molecule has 2 aliphatic heterocycles. The summed E-state index contributed by atoms with van der Waals surface area (Å²) in [7, 11) is 1.79. The van der Waals surface area contributed by atoms with Crippen LogP contribution in [-0.2, 0) is 7.05 Å². The number of piperidine rings is 1. The van der Waals surface area contributed by atoms with Gasteiger partial charge in [0.05, 0.1) is 12.6 Å². The number of aryl methyl sites for hydroxylation is 1. The van der Waals surface area contributed by atoms with E-state index in [1.807, 2.05) is 11.0 Å². The average molecular weight is 394 g/mol. The van der Waals surface area contributed by atoms with Crippen molar-refractivity contribution in [3.05, 3.63) is 47.8 Å². The Bertz CT molecular complexity index is 925.